The van der Waals surface area contributed by atoms with Crippen LogP contribution in [0.5, 0.6) is 0 Å². The molecule has 94 valence electrons. The van der Waals surface area contributed by atoms with E-state index in [2.05, 4.69) is 30.7 Å². The smallest absolute Gasteiger partial charge is 0.115 e. The van der Waals surface area contributed by atoms with Crippen molar-refractivity contribution in [3.8, 4) is 0 Å². The Morgan fingerprint density at radius 1 is 1.24 bits per heavy atom. The molecule has 1 aromatic heterocycles. The van der Waals surface area contributed by atoms with E-state index >= 15 is 0 Å². The van der Waals surface area contributed by atoms with Crippen LogP contribution < -0.4 is 5.73 Å². The largest absolute Gasteiger partial charge is 0.321 e. The van der Waals surface area contributed by atoms with Crippen LogP contribution in [0.3, 0.4) is 0 Å². The summed E-state index contributed by atoms with van der Waals surface area (Å²) in [5.74, 6) is 0.495. The van der Waals surface area contributed by atoms with Crippen LogP contribution in [0, 0.1) is 11.3 Å². The van der Waals surface area contributed by atoms with Crippen LogP contribution in [0.1, 0.15) is 52.0 Å². The number of rotatable bonds is 1. The molecule has 0 aliphatic heterocycles. The predicted octanol–water partition coefficient (Wildman–Crippen LogP) is 2.87. The van der Waals surface area contributed by atoms with Gasteiger partial charge in [-0.1, -0.05) is 33.6 Å². The molecule has 0 bridgehead atoms. The van der Waals surface area contributed by atoms with Crippen LogP contribution in [0.15, 0.2) is 18.7 Å². The highest BCUT2D eigenvalue weighted by molar-refractivity contribution is 5.20. The summed E-state index contributed by atoms with van der Waals surface area (Å²) in [5.41, 5.74) is 7.80. The van der Waals surface area contributed by atoms with Gasteiger partial charge in [-0.2, -0.15) is 0 Å². The zero-order valence-electron chi connectivity index (χ0n) is 11.1. The molecule has 1 aliphatic rings. The Balaban J connectivity index is 2.38. The number of hydrogen-bond acceptors (Lipinski definition) is 3. The standard InChI is InChI=1S/C14H23N3/c1-13(2,3)12-6-4-5-7-14(12,15)11-8-16-10-17-9-11/h8-10,12H,4-7,15H2,1-3H3. The molecule has 1 aliphatic carbocycles. The van der Waals surface area contributed by atoms with Gasteiger partial charge in [0.25, 0.3) is 0 Å². The summed E-state index contributed by atoms with van der Waals surface area (Å²) in [6.07, 6.45) is 10.1. The minimum Gasteiger partial charge on any atom is -0.321 e. The third kappa shape index (κ3) is 2.34. The van der Waals surface area contributed by atoms with E-state index in [4.69, 9.17) is 5.73 Å². The third-order valence-corrected chi connectivity index (χ3v) is 4.10. The molecule has 1 heterocycles. The van der Waals surface area contributed by atoms with Gasteiger partial charge < -0.3 is 5.73 Å². The number of nitrogens with zero attached hydrogens (tertiary/aromatic N) is 2. The number of hydrogen-bond donors (Lipinski definition) is 1. The number of aromatic nitrogens is 2. The highest BCUT2D eigenvalue weighted by atomic mass is 14.9. The molecule has 0 amide bonds. The monoisotopic (exact) mass is 233 g/mol. The Labute approximate surface area is 104 Å². The van der Waals surface area contributed by atoms with Crippen molar-refractivity contribution in [1.82, 2.24) is 9.97 Å². The molecule has 17 heavy (non-hydrogen) atoms. The van der Waals surface area contributed by atoms with Crippen LogP contribution in [-0.2, 0) is 5.54 Å². The van der Waals surface area contributed by atoms with E-state index in [1.165, 1.54) is 19.3 Å². The quantitative estimate of drug-likeness (QED) is 0.811. The van der Waals surface area contributed by atoms with Crippen LogP contribution in [-0.4, -0.2) is 9.97 Å². The van der Waals surface area contributed by atoms with Crippen molar-refractivity contribution in [2.45, 2.75) is 52.0 Å². The Morgan fingerprint density at radius 3 is 2.47 bits per heavy atom. The first-order valence-electron chi connectivity index (χ1n) is 6.49. The summed E-state index contributed by atoms with van der Waals surface area (Å²) < 4.78 is 0. The molecule has 1 saturated carbocycles. The van der Waals surface area contributed by atoms with Gasteiger partial charge in [0.05, 0.1) is 0 Å². The molecule has 2 rings (SSSR count). The van der Waals surface area contributed by atoms with E-state index in [1.54, 1.807) is 6.33 Å². The molecular weight excluding hydrogens is 210 g/mol. The van der Waals surface area contributed by atoms with E-state index in [1.807, 2.05) is 12.4 Å². The Bertz CT molecular complexity index is 369. The molecule has 0 aromatic carbocycles. The van der Waals surface area contributed by atoms with Gasteiger partial charge in [-0.15, -0.1) is 0 Å². The SMILES string of the molecule is CC(C)(C)C1CCCCC1(N)c1cncnc1. The summed E-state index contributed by atoms with van der Waals surface area (Å²) in [6, 6.07) is 0. The third-order valence-electron chi connectivity index (χ3n) is 4.10. The lowest BCUT2D eigenvalue weighted by Crippen LogP contribution is -2.51. The molecule has 0 spiro atoms. The van der Waals surface area contributed by atoms with Crippen molar-refractivity contribution in [2.24, 2.45) is 17.1 Å². The Hall–Kier alpha value is -0.960. The molecule has 2 unspecified atom stereocenters. The van der Waals surface area contributed by atoms with Crippen LogP contribution in [0.2, 0.25) is 0 Å². The molecule has 3 heteroatoms. The second-order valence-electron chi connectivity index (χ2n) is 6.33. The van der Waals surface area contributed by atoms with Crippen molar-refractivity contribution in [1.29, 1.82) is 0 Å². The lowest BCUT2D eigenvalue weighted by Gasteiger charge is -2.48. The summed E-state index contributed by atoms with van der Waals surface area (Å²) >= 11 is 0. The molecule has 1 aromatic rings. The fourth-order valence-corrected chi connectivity index (χ4v) is 3.29. The summed E-state index contributed by atoms with van der Waals surface area (Å²) in [6.45, 7) is 6.86. The lowest BCUT2D eigenvalue weighted by atomic mass is 9.60. The van der Waals surface area contributed by atoms with Crippen LogP contribution in [0.4, 0.5) is 0 Å². The molecule has 3 nitrogen and oxygen atoms in total. The fraction of sp³-hybridized carbons (Fsp3) is 0.714. The topological polar surface area (TPSA) is 51.8 Å². The van der Waals surface area contributed by atoms with Crippen LogP contribution in [0.25, 0.3) is 0 Å². The minimum absolute atomic E-state index is 0.227. The predicted molar refractivity (Wildman–Crippen MR) is 69.3 cm³/mol. The van der Waals surface area contributed by atoms with Gasteiger partial charge in [0, 0.05) is 23.5 Å². The normalized spacial score (nSPS) is 30.2. The van der Waals surface area contributed by atoms with Crippen molar-refractivity contribution in [2.75, 3.05) is 0 Å². The molecule has 0 saturated heterocycles. The zero-order chi connectivity index (χ0) is 12.5. The number of nitrogens with two attached hydrogens (primary N) is 1. The van der Waals surface area contributed by atoms with Gasteiger partial charge in [0.1, 0.15) is 6.33 Å². The van der Waals surface area contributed by atoms with E-state index in [-0.39, 0.29) is 11.0 Å². The van der Waals surface area contributed by atoms with Crippen molar-refractivity contribution in [3.05, 3.63) is 24.3 Å². The molecule has 2 N–H and O–H groups in total. The van der Waals surface area contributed by atoms with Gasteiger partial charge in [-0.05, 0) is 24.2 Å². The minimum atomic E-state index is -0.252. The molecular formula is C14H23N3. The maximum atomic E-state index is 6.73. The van der Waals surface area contributed by atoms with Gasteiger partial charge in [0.15, 0.2) is 0 Å². The Kier molecular flexibility index (Phi) is 3.21. The zero-order valence-corrected chi connectivity index (χ0v) is 11.1. The van der Waals surface area contributed by atoms with Gasteiger partial charge in [-0.25, -0.2) is 9.97 Å². The van der Waals surface area contributed by atoms with Crippen LogP contribution >= 0.6 is 0 Å². The first-order valence-corrected chi connectivity index (χ1v) is 6.49. The first kappa shape index (κ1) is 12.5. The maximum Gasteiger partial charge on any atom is 0.115 e. The molecule has 1 fully saturated rings. The summed E-state index contributed by atoms with van der Waals surface area (Å²) in [5, 5.41) is 0. The van der Waals surface area contributed by atoms with Crippen molar-refractivity contribution < 1.29 is 0 Å². The summed E-state index contributed by atoms with van der Waals surface area (Å²) in [4.78, 5) is 8.26. The van der Waals surface area contributed by atoms with E-state index in [0.29, 0.717) is 5.92 Å². The average Bonchev–Trinajstić information content (AvgIpc) is 2.29. The summed E-state index contributed by atoms with van der Waals surface area (Å²) in [7, 11) is 0. The first-order chi connectivity index (χ1) is 7.94. The van der Waals surface area contributed by atoms with E-state index in [9.17, 15) is 0 Å². The van der Waals surface area contributed by atoms with Gasteiger partial charge in [0.2, 0.25) is 0 Å². The lowest BCUT2D eigenvalue weighted by molar-refractivity contribution is 0.0773. The highest BCUT2D eigenvalue weighted by Crippen LogP contribution is 2.47. The maximum absolute atomic E-state index is 6.73. The molecule has 0 radical (unpaired) electrons. The Morgan fingerprint density at radius 2 is 1.88 bits per heavy atom. The van der Waals surface area contributed by atoms with E-state index in [0.717, 1.165) is 12.0 Å². The second kappa shape index (κ2) is 4.37. The average molecular weight is 233 g/mol. The van der Waals surface area contributed by atoms with Gasteiger partial charge >= 0.3 is 0 Å². The van der Waals surface area contributed by atoms with E-state index < -0.39 is 0 Å². The molecule has 2 atom stereocenters. The highest BCUT2D eigenvalue weighted by Gasteiger charge is 2.44. The van der Waals surface area contributed by atoms with Crippen molar-refractivity contribution in [3.63, 3.8) is 0 Å². The van der Waals surface area contributed by atoms with Crippen molar-refractivity contribution >= 4 is 0 Å². The second-order valence-corrected chi connectivity index (χ2v) is 6.33. The fourth-order valence-electron chi connectivity index (χ4n) is 3.29. The van der Waals surface area contributed by atoms with Gasteiger partial charge in [-0.3, -0.25) is 0 Å².